The van der Waals surface area contributed by atoms with E-state index >= 15 is 0 Å². The molecule has 6 heteroatoms. The van der Waals surface area contributed by atoms with Crippen molar-refractivity contribution >= 4 is 11.8 Å². The van der Waals surface area contributed by atoms with Crippen LogP contribution in [0, 0.1) is 5.92 Å². The SMILES string of the molecule is CCC(CC)C(=O)NC1CC(c2cc(C(N)=O)n[nH]2)C1. The molecule has 1 aromatic rings. The van der Waals surface area contributed by atoms with Crippen LogP contribution in [0.3, 0.4) is 0 Å². The first kappa shape index (κ1) is 14.6. The zero-order chi connectivity index (χ0) is 14.7. The highest BCUT2D eigenvalue weighted by Crippen LogP contribution is 2.36. The van der Waals surface area contributed by atoms with Crippen LogP contribution in [-0.4, -0.2) is 28.1 Å². The van der Waals surface area contributed by atoms with Crippen molar-refractivity contribution in [3.05, 3.63) is 17.5 Å². The monoisotopic (exact) mass is 278 g/mol. The number of carbonyl (C=O) groups excluding carboxylic acids is 2. The van der Waals surface area contributed by atoms with E-state index < -0.39 is 5.91 Å². The molecule has 1 aromatic heterocycles. The molecule has 0 unspecified atom stereocenters. The van der Waals surface area contributed by atoms with E-state index in [0.29, 0.717) is 5.92 Å². The third-order valence-corrected chi connectivity index (χ3v) is 4.13. The quantitative estimate of drug-likeness (QED) is 0.731. The summed E-state index contributed by atoms with van der Waals surface area (Å²) in [5, 5.41) is 9.80. The molecule has 1 saturated carbocycles. The maximum atomic E-state index is 12.0. The lowest BCUT2D eigenvalue weighted by molar-refractivity contribution is -0.126. The molecule has 2 rings (SSSR count). The highest BCUT2D eigenvalue weighted by molar-refractivity contribution is 5.90. The van der Waals surface area contributed by atoms with Crippen LogP contribution in [0.4, 0.5) is 0 Å². The second kappa shape index (κ2) is 6.07. The van der Waals surface area contributed by atoms with Crippen LogP contribution in [0.1, 0.15) is 61.6 Å². The molecule has 20 heavy (non-hydrogen) atoms. The van der Waals surface area contributed by atoms with Gasteiger partial charge in [-0.3, -0.25) is 14.7 Å². The summed E-state index contributed by atoms with van der Waals surface area (Å²) in [5.74, 6) is 0.0663. The minimum atomic E-state index is -0.523. The maximum absolute atomic E-state index is 12.0. The van der Waals surface area contributed by atoms with Crippen LogP contribution in [-0.2, 0) is 4.79 Å². The minimum absolute atomic E-state index is 0.114. The molecule has 0 aromatic carbocycles. The van der Waals surface area contributed by atoms with E-state index in [9.17, 15) is 9.59 Å². The molecule has 0 radical (unpaired) electrons. The summed E-state index contributed by atoms with van der Waals surface area (Å²) in [5.41, 5.74) is 6.36. The number of nitrogens with one attached hydrogen (secondary N) is 2. The highest BCUT2D eigenvalue weighted by atomic mass is 16.2. The van der Waals surface area contributed by atoms with Crippen LogP contribution in [0.2, 0.25) is 0 Å². The molecule has 1 aliphatic carbocycles. The Morgan fingerprint density at radius 1 is 1.45 bits per heavy atom. The van der Waals surface area contributed by atoms with Crippen molar-refractivity contribution in [1.82, 2.24) is 15.5 Å². The number of hydrogen-bond acceptors (Lipinski definition) is 3. The van der Waals surface area contributed by atoms with Gasteiger partial charge in [0.05, 0.1) is 0 Å². The number of nitrogens with zero attached hydrogens (tertiary/aromatic N) is 1. The van der Waals surface area contributed by atoms with Gasteiger partial charge in [-0.15, -0.1) is 0 Å². The van der Waals surface area contributed by atoms with Gasteiger partial charge in [-0.2, -0.15) is 5.10 Å². The van der Waals surface area contributed by atoms with Crippen molar-refractivity contribution < 1.29 is 9.59 Å². The normalized spacial score (nSPS) is 21.6. The lowest BCUT2D eigenvalue weighted by atomic mass is 9.78. The van der Waals surface area contributed by atoms with Gasteiger partial charge in [0, 0.05) is 23.6 Å². The summed E-state index contributed by atoms with van der Waals surface area (Å²) in [6.45, 7) is 4.07. The lowest BCUT2D eigenvalue weighted by Gasteiger charge is -2.35. The topological polar surface area (TPSA) is 101 Å². The Labute approximate surface area is 118 Å². The number of H-pyrrole nitrogens is 1. The zero-order valence-electron chi connectivity index (χ0n) is 12.0. The summed E-state index contributed by atoms with van der Waals surface area (Å²) >= 11 is 0. The molecular weight excluding hydrogens is 256 g/mol. The van der Waals surface area contributed by atoms with Gasteiger partial charge in [-0.1, -0.05) is 13.8 Å². The molecule has 0 saturated heterocycles. The van der Waals surface area contributed by atoms with Gasteiger partial charge in [0.2, 0.25) is 5.91 Å². The second-order valence-electron chi connectivity index (χ2n) is 5.46. The molecule has 2 amide bonds. The first-order chi connectivity index (χ1) is 9.55. The molecule has 110 valence electrons. The van der Waals surface area contributed by atoms with Gasteiger partial charge in [0.15, 0.2) is 0 Å². The van der Waals surface area contributed by atoms with E-state index in [1.54, 1.807) is 6.07 Å². The fourth-order valence-electron chi connectivity index (χ4n) is 2.64. The molecule has 0 bridgehead atoms. The van der Waals surface area contributed by atoms with Crippen molar-refractivity contribution in [2.24, 2.45) is 11.7 Å². The third kappa shape index (κ3) is 3.00. The van der Waals surface area contributed by atoms with Gasteiger partial charge in [0.1, 0.15) is 5.69 Å². The zero-order valence-corrected chi connectivity index (χ0v) is 12.0. The van der Waals surface area contributed by atoms with Gasteiger partial charge in [-0.05, 0) is 31.7 Å². The van der Waals surface area contributed by atoms with Crippen LogP contribution in [0.5, 0.6) is 0 Å². The Morgan fingerprint density at radius 2 is 2.10 bits per heavy atom. The van der Waals surface area contributed by atoms with E-state index in [4.69, 9.17) is 5.73 Å². The average molecular weight is 278 g/mol. The number of rotatable bonds is 6. The Balaban J connectivity index is 1.82. The Morgan fingerprint density at radius 3 is 2.60 bits per heavy atom. The molecule has 0 aliphatic heterocycles. The molecular formula is C14H22N4O2. The standard InChI is InChI=1S/C14H22N4O2/c1-3-8(4-2)14(20)16-10-5-9(6-10)11-7-12(13(15)19)18-17-11/h7-10H,3-6H2,1-2H3,(H2,15,19)(H,16,20)(H,17,18). The van der Waals surface area contributed by atoms with Crippen LogP contribution >= 0.6 is 0 Å². The van der Waals surface area contributed by atoms with Crippen LogP contribution < -0.4 is 11.1 Å². The number of aromatic amines is 1. The van der Waals surface area contributed by atoms with Gasteiger partial charge >= 0.3 is 0 Å². The van der Waals surface area contributed by atoms with Gasteiger partial charge in [-0.25, -0.2) is 0 Å². The number of hydrogen-bond donors (Lipinski definition) is 3. The Hall–Kier alpha value is -1.85. The van der Waals surface area contributed by atoms with Crippen LogP contribution in [0.15, 0.2) is 6.07 Å². The molecule has 4 N–H and O–H groups in total. The number of nitrogens with two attached hydrogens (primary N) is 1. The average Bonchev–Trinajstić information content (AvgIpc) is 2.84. The van der Waals surface area contributed by atoms with Crippen molar-refractivity contribution in [2.75, 3.05) is 0 Å². The maximum Gasteiger partial charge on any atom is 0.269 e. The smallest absolute Gasteiger partial charge is 0.269 e. The van der Waals surface area contributed by atoms with E-state index in [0.717, 1.165) is 31.4 Å². The molecule has 1 aliphatic rings. The summed E-state index contributed by atoms with van der Waals surface area (Å²) in [7, 11) is 0. The summed E-state index contributed by atoms with van der Waals surface area (Å²) in [6, 6.07) is 1.93. The predicted octanol–water partition coefficient (Wildman–Crippen LogP) is 1.31. The van der Waals surface area contributed by atoms with Crippen molar-refractivity contribution in [2.45, 2.75) is 51.5 Å². The van der Waals surface area contributed by atoms with Gasteiger partial charge in [0.25, 0.3) is 5.91 Å². The van der Waals surface area contributed by atoms with E-state index in [1.165, 1.54) is 0 Å². The summed E-state index contributed by atoms with van der Waals surface area (Å²) < 4.78 is 0. The fraction of sp³-hybridized carbons (Fsp3) is 0.643. The van der Waals surface area contributed by atoms with Crippen molar-refractivity contribution in [1.29, 1.82) is 0 Å². The summed E-state index contributed by atoms with van der Waals surface area (Å²) in [4.78, 5) is 22.9. The number of primary amides is 1. The number of aromatic nitrogens is 2. The lowest BCUT2D eigenvalue weighted by Crippen LogP contribution is -2.45. The van der Waals surface area contributed by atoms with Crippen LogP contribution in [0.25, 0.3) is 0 Å². The molecule has 1 heterocycles. The first-order valence-corrected chi connectivity index (χ1v) is 7.20. The van der Waals surface area contributed by atoms with Gasteiger partial charge < -0.3 is 11.1 Å². The van der Waals surface area contributed by atoms with Crippen molar-refractivity contribution in [3.8, 4) is 0 Å². The number of carbonyl (C=O) groups is 2. The van der Waals surface area contributed by atoms with E-state index in [1.807, 2.05) is 13.8 Å². The molecule has 0 atom stereocenters. The second-order valence-corrected chi connectivity index (χ2v) is 5.46. The summed E-state index contributed by atoms with van der Waals surface area (Å²) in [6.07, 6.45) is 3.51. The highest BCUT2D eigenvalue weighted by Gasteiger charge is 2.33. The Kier molecular flexibility index (Phi) is 4.42. The third-order valence-electron chi connectivity index (χ3n) is 4.13. The molecule has 1 fully saturated rings. The van der Waals surface area contributed by atoms with Crippen molar-refractivity contribution in [3.63, 3.8) is 0 Å². The largest absolute Gasteiger partial charge is 0.364 e. The number of amides is 2. The Bertz CT molecular complexity index is 487. The first-order valence-electron chi connectivity index (χ1n) is 7.20. The van der Waals surface area contributed by atoms with E-state index in [-0.39, 0.29) is 23.6 Å². The predicted molar refractivity (Wildman–Crippen MR) is 75.1 cm³/mol. The molecule has 6 nitrogen and oxygen atoms in total. The minimum Gasteiger partial charge on any atom is -0.364 e. The van der Waals surface area contributed by atoms with E-state index in [2.05, 4.69) is 15.5 Å². The fourth-order valence-corrected chi connectivity index (χ4v) is 2.64. The molecule has 0 spiro atoms.